The molecule has 34 heavy (non-hydrogen) atoms. The van der Waals surface area contributed by atoms with E-state index < -0.39 is 29.8 Å². The molecule has 0 spiro atoms. The van der Waals surface area contributed by atoms with E-state index in [4.69, 9.17) is 11.6 Å². The second-order valence-corrected chi connectivity index (χ2v) is 8.41. The quantitative estimate of drug-likeness (QED) is 0.568. The number of aromatic nitrogens is 3. The smallest absolute Gasteiger partial charge is 0.350 e. The Hall–Kier alpha value is -3.24. The third kappa shape index (κ3) is 3.76. The summed E-state index contributed by atoms with van der Waals surface area (Å²) in [4.78, 5) is 29.2. The number of carbonyl (C=O) groups is 1. The van der Waals surface area contributed by atoms with E-state index in [1.807, 2.05) is 18.7 Å². The summed E-state index contributed by atoms with van der Waals surface area (Å²) in [7, 11) is 0. The van der Waals surface area contributed by atoms with E-state index in [2.05, 4.69) is 5.10 Å². The van der Waals surface area contributed by atoms with Gasteiger partial charge in [0, 0.05) is 12.6 Å². The molecule has 3 aromatic rings. The maximum absolute atomic E-state index is 15.3. The number of amides is 1. The van der Waals surface area contributed by atoms with Gasteiger partial charge >= 0.3 is 5.69 Å². The third-order valence-electron chi connectivity index (χ3n) is 6.10. The highest BCUT2D eigenvalue weighted by Crippen LogP contribution is 2.38. The normalized spacial score (nSPS) is 14.5. The lowest BCUT2D eigenvalue weighted by Crippen LogP contribution is -2.50. The van der Waals surface area contributed by atoms with Gasteiger partial charge in [-0.1, -0.05) is 24.6 Å². The highest BCUT2D eigenvalue weighted by Gasteiger charge is 2.36. The summed E-state index contributed by atoms with van der Waals surface area (Å²) in [6.45, 7) is 5.32. The molecular weight excluding hydrogens is 468 g/mol. The largest absolute Gasteiger partial charge is 0.388 e. The Balaban J connectivity index is 1.91. The Labute approximate surface area is 199 Å². The number of benzene rings is 2. The van der Waals surface area contributed by atoms with Gasteiger partial charge in [-0.3, -0.25) is 14.3 Å². The molecular formula is C23H24ClF2N5O3. The summed E-state index contributed by atoms with van der Waals surface area (Å²) in [6, 6.07) is 6.43. The van der Waals surface area contributed by atoms with Crippen molar-refractivity contribution in [1.29, 1.82) is 0 Å². The van der Waals surface area contributed by atoms with Crippen LogP contribution in [0.15, 0.2) is 35.1 Å². The van der Waals surface area contributed by atoms with E-state index >= 15 is 4.39 Å². The van der Waals surface area contributed by atoms with Crippen molar-refractivity contribution < 1.29 is 18.7 Å². The SMILES string of the molecule is CCC(C)N1CN(c2c(F)cccc2Cl)C(=O)c2cc(F)c(-n3nc(CO)n(CC)c3=O)cc21. The van der Waals surface area contributed by atoms with E-state index in [1.165, 1.54) is 33.7 Å². The lowest BCUT2D eigenvalue weighted by molar-refractivity contribution is 0.0980. The lowest BCUT2D eigenvalue weighted by atomic mass is 10.0. The maximum Gasteiger partial charge on any atom is 0.350 e. The van der Waals surface area contributed by atoms with Crippen molar-refractivity contribution in [2.75, 3.05) is 16.5 Å². The van der Waals surface area contributed by atoms with Crippen LogP contribution in [0.1, 0.15) is 43.4 Å². The summed E-state index contributed by atoms with van der Waals surface area (Å²) >= 11 is 6.22. The molecule has 11 heteroatoms. The average molecular weight is 492 g/mol. The number of fused-ring (bicyclic) bond motifs is 1. The molecule has 2 aromatic carbocycles. The fourth-order valence-corrected chi connectivity index (χ4v) is 4.37. The minimum absolute atomic E-state index is 0.0116. The van der Waals surface area contributed by atoms with E-state index in [0.717, 1.165) is 10.7 Å². The van der Waals surface area contributed by atoms with Gasteiger partial charge in [-0.25, -0.2) is 13.6 Å². The number of hydrogen-bond acceptors (Lipinski definition) is 5. The number of nitrogens with zero attached hydrogens (tertiary/aromatic N) is 5. The molecule has 0 saturated carbocycles. The zero-order valence-electron chi connectivity index (χ0n) is 18.9. The zero-order chi connectivity index (χ0) is 24.7. The van der Waals surface area contributed by atoms with Gasteiger partial charge in [0.2, 0.25) is 0 Å². The fourth-order valence-electron chi connectivity index (χ4n) is 4.11. The molecule has 0 bridgehead atoms. The first-order chi connectivity index (χ1) is 16.2. The van der Waals surface area contributed by atoms with Crippen molar-refractivity contribution in [1.82, 2.24) is 14.3 Å². The van der Waals surface area contributed by atoms with Crippen LogP contribution in [0.5, 0.6) is 0 Å². The Morgan fingerprint density at radius 1 is 1.15 bits per heavy atom. The van der Waals surface area contributed by atoms with E-state index in [9.17, 15) is 19.1 Å². The Morgan fingerprint density at radius 2 is 1.88 bits per heavy atom. The van der Waals surface area contributed by atoms with Crippen molar-refractivity contribution in [2.45, 2.75) is 46.4 Å². The summed E-state index contributed by atoms with van der Waals surface area (Å²) in [5.74, 6) is -2.04. The Kier molecular flexibility index (Phi) is 6.46. The van der Waals surface area contributed by atoms with Gasteiger partial charge in [0.25, 0.3) is 5.91 Å². The minimum atomic E-state index is -0.856. The van der Waals surface area contributed by atoms with Crippen LogP contribution in [0.2, 0.25) is 5.02 Å². The fraction of sp³-hybridized carbons (Fsp3) is 0.348. The highest BCUT2D eigenvalue weighted by atomic mass is 35.5. The molecule has 1 aliphatic heterocycles. The second-order valence-electron chi connectivity index (χ2n) is 8.01. The average Bonchev–Trinajstić information content (AvgIpc) is 3.14. The number of rotatable bonds is 6. The van der Waals surface area contributed by atoms with E-state index in [0.29, 0.717) is 12.1 Å². The van der Waals surface area contributed by atoms with Crippen LogP contribution in [-0.4, -0.2) is 38.1 Å². The first kappa shape index (κ1) is 23.9. The van der Waals surface area contributed by atoms with Gasteiger partial charge in [0.1, 0.15) is 29.6 Å². The molecule has 8 nitrogen and oxygen atoms in total. The summed E-state index contributed by atoms with van der Waals surface area (Å²) in [6.07, 6.45) is 0.679. The first-order valence-corrected chi connectivity index (χ1v) is 11.3. The van der Waals surface area contributed by atoms with Crippen LogP contribution in [0.4, 0.5) is 20.2 Å². The molecule has 0 radical (unpaired) electrons. The van der Waals surface area contributed by atoms with Crippen LogP contribution < -0.4 is 15.5 Å². The predicted octanol–water partition coefficient (Wildman–Crippen LogP) is 3.70. The zero-order valence-corrected chi connectivity index (χ0v) is 19.7. The molecule has 1 atom stereocenters. The van der Waals surface area contributed by atoms with Gasteiger partial charge in [-0.05, 0) is 44.5 Å². The summed E-state index contributed by atoms with van der Waals surface area (Å²) in [5, 5.41) is 13.7. The van der Waals surface area contributed by atoms with Crippen LogP contribution in [0, 0.1) is 11.6 Å². The first-order valence-electron chi connectivity index (χ1n) is 10.9. The van der Waals surface area contributed by atoms with Gasteiger partial charge in [0.15, 0.2) is 5.82 Å². The lowest BCUT2D eigenvalue weighted by Gasteiger charge is -2.41. The predicted molar refractivity (Wildman–Crippen MR) is 125 cm³/mol. The highest BCUT2D eigenvalue weighted by molar-refractivity contribution is 6.34. The van der Waals surface area contributed by atoms with Crippen LogP contribution in [0.3, 0.4) is 0 Å². The van der Waals surface area contributed by atoms with Crippen LogP contribution in [-0.2, 0) is 13.2 Å². The van der Waals surface area contributed by atoms with E-state index in [1.54, 1.807) is 6.92 Å². The number of halogens is 3. The molecule has 1 aliphatic rings. The Morgan fingerprint density at radius 3 is 2.47 bits per heavy atom. The molecule has 0 aliphatic carbocycles. The molecule has 0 fully saturated rings. The van der Waals surface area contributed by atoms with Gasteiger partial charge in [0.05, 0.1) is 22.9 Å². The summed E-state index contributed by atoms with van der Waals surface area (Å²) in [5.41, 5.74) is -0.435. The molecule has 4 rings (SSSR count). The molecule has 1 unspecified atom stereocenters. The summed E-state index contributed by atoms with van der Waals surface area (Å²) < 4.78 is 32.1. The minimum Gasteiger partial charge on any atom is -0.388 e. The Bertz CT molecular complexity index is 1300. The maximum atomic E-state index is 15.3. The number of aliphatic hydroxyl groups excluding tert-OH is 1. The van der Waals surface area contributed by atoms with Gasteiger partial charge < -0.3 is 10.0 Å². The number of anilines is 2. The standard InChI is InChI=1S/C23H24ClF2N5O3/c1-4-13(3)29-12-30(21-15(24)7-6-8-16(21)25)22(33)14-9-17(26)19(10-18(14)29)31-23(34)28(5-2)20(11-32)27-31/h6-10,13,32H,4-5,11-12H2,1-3H3. The monoisotopic (exact) mass is 491 g/mol. The molecule has 1 amide bonds. The van der Waals surface area contributed by atoms with Crippen LogP contribution >= 0.6 is 11.6 Å². The third-order valence-corrected chi connectivity index (χ3v) is 6.40. The van der Waals surface area contributed by atoms with Gasteiger partial charge in [-0.2, -0.15) is 4.68 Å². The van der Waals surface area contributed by atoms with Crippen molar-refractivity contribution in [3.63, 3.8) is 0 Å². The van der Waals surface area contributed by atoms with Gasteiger partial charge in [-0.15, -0.1) is 5.10 Å². The molecule has 1 aromatic heterocycles. The second kappa shape index (κ2) is 9.19. The molecule has 1 N–H and O–H groups in total. The van der Waals surface area contributed by atoms with Crippen molar-refractivity contribution in [3.8, 4) is 5.69 Å². The molecule has 180 valence electrons. The van der Waals surface area contributed by atoms with E-state index in [-0.39, 0.29) is 47.0 Å². The van der Waals surface area contributed by atoms with Crippen molar-refractivity contribution in [2.24, 2.45) is 0 Å². The topological polar surface area (TPSA) is 83.6 Å². The number of para-hydroxylation sites is 1. The molecule has 0 saturated heterocycles. The van der Waals surface area contributed by atoms with Crippen LogP contribution in [0.25, 0.3) is 5.69 Å². The number of carbonyl (C=O) groups excluding carboxylic acids is 1. The number of aliphatic hydroxyl groups is 1. The number of hydrogen-bond donors (Lipinski definition) is 1. The van der Waals surface area contributed by atoms with Crippen molar-refractivity contribution >= 4 is 28.9 Å². The van der Waals surface area contributed by atoms with Crippen molar-refractivity contribution in [3.05, 3.63) is 68.9 Å². The molecule has 2 heterocycles.